The van der Waals surface area contributed by atoms with Crippen LogP contribution in [0.5, 0.6) is 0 Å². The Balaban J connectivity index is 2.37. The van der Waals surface area contributed by atoms with Gasteiger partial charge in [-0.1, -0.05) is 11.6 Å². The van der Waals surface area contributed by atoms with Gasteiger partial charge in [-0.05, 0) is 33.8 Å². The predicted octanol–water partition coefficient (Wildman–Crippen LogP) is 2.78. The number of nitrogens with one attached hydrogen (secondary N) is 1. The van der Waals surface area contributed by atoms with E-state index in [0.29, 0.717) is 25.2 Å². The van der Waals surface area contributed by atoms with Crippen LogP contribution in [0.3, 0.4) is 0 Å². The molecule has 1 saturated heterocycles. The first-order chi connectivity index (χ1) is 10.7. The van der Waals surface area contributed by atoms with Gasteiger partial charge in [0.15, 0.2) is 0 Å². The molecule has 23 heavy (non-hydrogen) atoms. The van der Waals surface area contributed by atoms with E-state index in [1.807, 2.05) is 6.92 Å². The molecule has 7 nitrogen and oxygen atoms in total. The van der Waals surface area contributed by atoms with Crippen molar-refractivity contribution in [1.29, 1.82) is 0 Å². The molecule has 0 spiro atoms. The van der Waals surface area contributed by atoms with Crippen molar-refractivity contribution in [2.45, 2.75) is 39.3 Å². The maximum Gasteiger partial charge on any atom is 0.410 e. The van der Waals surface area contributed by atoms with Crippen LogP contribution < -0.4 is 5.32 Å². The number of rotatable bonds is 2. The third-order valence-electron chi connectivity index (χ3n) is 3.61. The fourth-order valence-corrected chi connectivity index (χ4v) is 2.63. The van der Waals surface area contributed by atoms with Crippen LogP contribution in [-0.4, -0.2) is 41.2 Å². The Hall–Kier alpha value is -2.15. The van der Waals surface area contributed by atoms with Crippen LogP contribution in [0.1, 0.15) is 37.9 Å². The van der Waals surface area contributed by atoms with E-state index < -0.39 is 22.7 Å². The van der Waals surface area contributed by atoms with Gasteiger partial charge in [-0.2, -0.15) is 0 Å². The summed E-state index contributed by atoms with van der Waals surface area (Å²) >= 11 is 0. The number of hydrogen-bond acceptors (Lipinski definition) is 5. The molecule has 126 valence electrons. The molecule has 1 aromatic rings. The fourth-order valence-electron chi connectivity index (χ4n) is 2.63. The van der Waals surface area contributed by atoms with Crippen molar-refractivity contribution in [2.75, 3.05) is 19.6 Å². The summed E-state index contributed by atoms with van der Waals surface area (Å²) in [7, 11) is 0. The molecule has 1 aliphatic rings. The maximum atomic E-state index is 12.5. The standard InChI is InChI=1S/C16H23N3O4/c1-11-5-6-13(19(21)22)12(9-11)14-10-17-7-8-18(14)15(20)23-16(2,3)4/h5-6,9,14,17H,7-8,10H2,1-4H3. The molecule has 7 heteroatoms. The Morgan fingerprint density at radius 2 is 2.13 bits per heavy atom. The highest BCUT2D eigenvalue weighted by atomic mass is 16.6. The second-order valence-corrected chi connectivity index (χ2v) is 6.71. The van der Waals surface area contributed by atoms with Gasteiger partial charge >= 0.3 is 6.09 Å². The molecule has 0 saturated carbocycles. The molecule has 1 atom stereocenters. The van der Waals surface area contributed by atoms with E-state index in [0.717, 1.165) is 5.56 Å². The molecule has 1 aliphatic heterocycles. The minimum absolute atomic E-state index is 0.0258. The van der Waals surface area contributed by atoms with Crippen LogP contribution in [-0.2, 0) is 4.74 Å². The van der Waals surface area contributed by atoms with E-state index in [9.17, 15) is 14.9 Å². The quantitative estimate of drug-likeness (QED) is 0.669. The van der Waals surface area contributed by atoms with Crippen molar-refractivity contribution >= 4 is 11.8 Å². The second-order valence-electron chi connectivity index (χ2n) is 6.71. The summed E-state index contributed by atoms with van der Waals surface area (Å²) in [6.45, 7) is 8.83. The number of piperazine rings is 1. The van der Waals surface area contributed by atoms with Gasteiger partial charge in [0.2, 0.25) is 0 Å². The smallest absolute Gasteiger partial charge is 0.410 e. The van der Waals surface area contributed by atoms with Crippen LogP contribution >= 0.6 is 0 Å². The lowest BCUT2D eigenvalue weighted by atomic mass is 9.99. The average molecular weight is 321 g/mol. The Labute approximate surface area is 135 Å². The second kappa shape index (κ2) is 6.54. The number of hydrogen-bond donors (Lipinski definition) is 1. The summed E-state index contributed by atoms with van der Waals surface area (Å²) < 4.78 is 5.45. The summed E-state index contributed by atoms with van der Waals surface area (Å²) in [5.41, 5.74) is 0.872. The zero-order chi connectivity index (χ0) is 17.2. The summed E-state index contributed by atoms with van der Waals surface area (Å²) in [5, 5.41) is 14.5. The molecule has 2 rings (SSSR count). The van der Waals surface area contributed by atoms with Crippen LogP contribution in [0.2, 0.25) is 0 Å². The molecular formula is C16H23N3O4. The zero-order valence-corrected chi connectivity index (χ0v) is 14.0. The van der Waals surface area contributed by atoms with Crippen LogP contribution in [0, 0.1) is 17.0 Å². The third kappa shape index (κ3) is 4.19. The van der Waals surface area contributed by atoms with Gasteiger partial charge in [0, 0.05) is 25.7 Å². The number of amides is 1. The molecule has 1 fully saturated rings. The number of nitrogens with zero attached hydrogens (tertiary/aromatic N) is 2. The number of nitro groups is 1. The molecule has 0 aliphatic carbocycles. The van der Waals surface area contributed by atoms with Gasteiger partial charge in [-0.3, -0.25) is 15.0 Å². The lowest BCUT2D eigenvalue weighted by Gasteiger charge is -2.37. The van der Waals surface area contributed by atoms with Crippen LogP contribution in [0.25, 0.3) is 0 Å². The molecule has 1 N–H and O–H groups in total. The highest BCUT2D eigenvalue weighted by Gasteiger charge is 2.34. The Bertz CT molecular complexity index is 610. The van der Waals surface area contributed by atoms with E-state index in [2.05, 4.69) is 5.32 Å². The van der Waals surface area contributed by atoms with Crippen molar-refractivity contribution < 1.29 is 14.5 Å². The van der Waals surface area contributed by atoms with E-state index in [1.54, 1.807) is 37.8 Å². The number of carbonyl (C=O) groups excluding carboxylic acids is 1. The van der Waals surface area contributed by atoms with Gasteiger partial charge in [0.05, 0.1) is 16.5 Å². The normalized spacial score (nSPS) is 18.6. The molecule has 1 aromatic carbocycles. The molecular weight excluding hydrogens is 298 g/mol. The molecule has 0 radical (unpaired) electrons. The molecule has 0 bridgehead atoms. The monoisotopic (exact) mass is 321 g/mol. The molecule has 0 aromatic heterocycles. The number of ether oxygens (including phenoxy) is 1. The number of aryl methyl sites for hydroxylation is 1. The van der Waals surface area contributed by atoms with Crippen molar-refractivity contribution in [3.05, 3.63) is 39.4 Å². The van der Waals surface area contributed by atoms with Gasteiger partial charge in [0.25, 0.3) is 5.69 Å². The van der Waals surface area contributed by atoms with Crippen LogP contribution in [0.15, 0.2) is 18.2 Å². The Morgan fingerprint density at radius 1 is 1.43 bits per heavy atom. The van der Waals surface area contributed by atoms with Gasteiger partial charge in [0.1, 0.15) is 5.60 Å². The SMILES string of the molecule is Cc1ccc([N+](=O)[O-])c(C2CNCCN2C(=O)OC(C)(C)C)c1. The minimum Gasteiger partial charge on any atom is -0.444 e. The Morgan fingerprint density at radius 3 is 2.74 bits per heavy atom. The lowest BCUT2D eigenvalue weighted by molar-refractivity contribution is -0.386. The topological polar surface area (TPSA) is 84.7 Å². The highest BCUT2D eigenvalue weighted by molar-refractivity contribution is 5.69. The van der Waals surface area contributed by atoms with Crippen molar-refractivity contribution in [1.82, 2.24) is 10.2 Å². The van der Waals surface area contributed by atoms with E-state index in [-0.39, 0.29) is 5.69 Å². The van der Waals surface area contributed by atoms with Gasteiger partial charge < -0.3 is 10.1 Å². The highest BCUT2D eigenvalue weighted by Crippen LogP contribution is 2.32. The average Bonchev–Trinajstić information content (AvgIpc) is 2.45. The number of benzene rings is 1. The van der Waals surface area contributed by atoms with E-state index >= 15 is 0 Å². The Kier molecular flexibility index (Phi) is 4.89. The summed E-state index contributed by atoms with van der Waals surface area (Å²) in [6.07, 6.45) is -0.445. The van der Waals surface area contributed by atoms with Crippen molar-refractivity contribution in [2.24, 2.45) is 0 Å². The van der Waals surface area contributed by atoms with E-state index in [4.69, 9.17) is 4.74 Å². The molecule has 1 heterocycles. The first-order valence-electron chi connectivity index (χ1n) is 7.64. The van der Waals surface area contributed by atoms with E-state index in [1.165, 1.54) is 6.07 Å². The third-order valence-corrected chi connectivity index (χ3v) is 3.61. The lowest BCUT2D eigenvalue weighted by Crippen LogP contribution is -2.50. The first-order valence-corrected chi connectivity index (χ1v) is 7.64. The first kappa shape index (κ1) is 17.2. The summed E-state index contributed by atoms with van der Waals surface area (Å²) in [4.78, 5) is 25.0. The van der Waals surface area contributed by atoms with Crippen molar-refractivity contribution in [3.63, 3.8) is 0 Å². The van der Waals surface area contributed by atoms with Crippen molar-refractivity contribution in [3.8, 4) is 0 Å². The predicted molar refractivity (Wildman–Crippen MR) is 86.4 cm³/mol. The van der Waals surface area contributed by atoms with Gasteiger partial charge in [-0.15, -0.1) is 0 Å². The zero-order valence-electron chi connectivity index (χ0n) is 14.0. The summed E-state index contributed by atoms with van der Waals surface area (Å²) in [6, 6.07) is 4.55. The largest absolute Gasteiger partial charge is 0.444 e. The number of carbonyl (C=O) groups is 1. The summed E-state index contributed by atoms with van der Waals surface area (Å²) in [5.74, 6) is 0. The minimum atomic E-state index is -0.606. The van der Waals surface area contributed by atoms with Crippen LogP contribution in [0.4, 0.5) is 10.5 Å². The number of nitro benzene ring substituents is 1. The molecule has 1 unspecified atom stereocenters. The molecule has 1 amide bonds. The maximum absolute atomic E-state index is 12.5. The van der Waals surface area contributed by atoms with Gasteiger partial charge in [-0.25, -0.2) is 4.79 Å². The fraction of sp³-hybridized carbons (Fsp3) is 0.562.